The molecule has 2 heteroatoms. The lowest BCUT2D eigenvalue weighted by molar-refractivity contribution is 0.299. The molecule has 0 spiro atoms. The number of alkyl halides is 1. The van der Waals surface area contributed by atoms with Gasteiger partial charge >= 0.3 is 0 Å². The highest BCUT2D eigenvalue weighted by molar-refractivity contribution is 9.09. The van der Waals surface area contributed by atoms with E-state index in [-0.39, 0.29) is 6.61 Å². The normalized spacial score (nSPS) is 10.3. The molecule has 0 saturated carbocycles. The fourth-order valence-corrected chi connectivity index (χ4v) is 1.62. The average Bonchev–Trinajstić information content (AvgIpc) is 2.16. The summed E-state index contributed by atoms with van der Waals surface area (Å²) < 4.78 is 0. The van der Waals surface area contributed by atoms with Crippen molar-refractivity contribution in [1.82, 2.24) is 0 Å². The molecule has 0 fully saturated rings. The number of aryl methyl sites for hydroxylation is 1. The molecular weight excluding hydrogens is 228 g/mol. The van der Waals surface area contributed by atoms with E-state index < -0.39 is 0 Å². The second-order valence-corrected chi connectivity index (χ2v) is 3.88. The lowest BCUT2D eigenvalue weighted by Gasteiger charge is -2.02. The first-order valence-corrected chi connectivity index (χ1v) is 5.73. The minimum Gasteiger partial charge on any atom is -0.396 e. The molecule has 1 N–H and O–H groups in total. The summed E-state index contributed by atoms with van der Waals surface area (Å²) in [7, 11) is 0. The van der Waals surface area contributed by atoms with E-state index in [0.717, 1.165) is 18.2 Å². The Morgan fingerprint density at radius 3 is 2.46 bits per heavy atom. The lowest BCUT2D eigenvalue weighted by Crippen LogP contribution is -1.93. The Bertz CT molecular complexity index is 248. The molecule has 0 aliphatic heterocycles. The van der Waals surface area contributed by atoms with E-state index >= 15 is 0 Å². The minimum atomic E-state index is 0.238. The fourth-order valence-electron chi connectivity index (χ4n) is 1.34. The number of aliphatic hydroxyl groups excluding tert-OH is 1. The van der Waals surface area contributed by atoms with E-state index in [4.69, 9.17) is 5.11 Å². The summed E-state index contributed by atoms with van der Waals surface area (Å²) in [6.07, 6.45) is 3.05. The van der Waals surface area contributed by atoms with E-state index in [2.05, 4.69) is 40.2 Å². The number of benzene rings is 1. The summed E-state index contributed by atoms with van der Waals surface area (Å²) in [5.41, 5.74) is 2.60. The molecule has 0 heterocycles. The lowest BCUT2D eigenvalue weighted by atomic mass is 10.1. The highest BCUT2D eigenvalue weighted by atomic mass is 79.9. The second-order valence-electron chi connectivity index (χ2n) is 3.09. The predicted octanol–water partition coefficient (Wildman–Crippen LogP) is 2.55. The van der Waals surface area contributed by atoms with Gasteiger partial charge in [0.1, 0.15) is 0 Å². The van der Waals surface area contributed by atoms with Gasteiger partial charge in [-0.2, -0.15) is 0 Å². The van der Waals surface area contributed by atoms with E-state index in [9.17, 15) is 0 Å². The van der Waals surface area contributed by atoms with Gasteiger partial charge in [0, 0.05) is 11.9 Å². The predicted molar refractivity (Wildman–Crippen MR) is 59.3 cm³/mol. The first kappa shape index (κ1) is 10.7. The zero-order valence-electron chi connectivity index (χ0n) is 7.67. The summed E-state index contributed by atoms with van der Waals surface area (Å²) in [5, 5.41) is 9.83. The molecule has 1 aromatic rings. The van der Waals surface area contributed by atoms with Crippen molar-refractivity contribution in [3.8, 4) is 0 Å². The Morgan fingerprint density at radius 2 is 1.85 bits per heavy atom. The monoisotopic (exact) mass is 242 g/mol. The highest BCUT2D eigenvalue weighted by Gasteiger charge is 1.95. The number of rotatable bonds is 5. The summed E-state index contributed by atoms with van der Waals surface area (Å²) >= 11 is 3.42. The molecule has 0 aliphatic rings. The van der Waals surface area contributed by atoms with E-state index in [1.54, 1.807) is 0 Å². The van der Waals surface area contributed by atoms with Crippen LogP contribution in [0, 0.1) is 0 Å². The van der Waals surface area contributed by atoms with Crippen molar-refractivity contribution in [3.63, 3.8) is 0 Å². The van der Waals surface area contributed by atoms with Crippen molar-refractivity contribution in [2.45, 2.75) is 19.3 Å². The van der Waals surface area contributed by atoms with Crippen molar-refractivity contribution in [1.29, 1.82) is 0 Å². The van der Waals surface area contributed by atoms with Crippen LogP contribution < -0.4 is 0 Å². The van der Waals surface area contributed by atoms with Crippen LogP contribution in [-0.4, -0.2) is 17.0 Å². The molecule has 0 amide bonds. The molecule has 0 bridgehead atoms. The maximum Gasteiger partial charge on any atom is 0.0471 e. The third-order valence-electron chi connectivity index (χ3n) is 1.99. The second kappa shape index (κ2) is 6.17. The number of aliphatic hydroxyl groups is 1. The summed E-state index contributed by atoms with van der Waals surface area (Å²) in [6, 6.07) is 8.45. The molecule has 0 radical (unpaired) electrons. The van der Waals surface area contributed by atoms with Crippen LogP contribution in [0.25, 0.3) is 0 Å². The molecule has 72 valence electrons. The van der Waals surface area contributed by atoms with Crippen LogP contribution in [0.5, 0.6) is 0 Å². The standard InChI is InChI=1S/C11H15BrO/c12-7-2-5-10-3-1-4-11(9-10)6-8-13/h1,3-4,9,13H,2,5-8H2. The number of hydrogen-bond donors (Lipinski definition) is 1. The molecule has 0 saturated heterocycles. The van der Waals surface area contributed by atoms with Gasteiger partial charge < -0.3 is 5.11 Å². The summed E-state index contributed by atoms with van der Waals surface area (Å²) in [6.45, 7) is 0.238. The molecule has 13 heavy (non-hydrogen) atoms. The van der Waals surface area contributed by atoms with E-state index in [1.807, 2.05) is 0 Å². The quantitative estimate of drug-likeness (QED) is 0.788. The molecular formula is C11H15BrO. The zero-order valence-corrected chi connectivity index (χ0v) is 9.26. The van der Waals surface area contributed by atoms with Gasteiger partial charge in [0.25, 0.3) is 0 Å². The Hall–Kier alpha value is -0.340. The third-order valence-corrected chi connectivity index (χ3v) is 2.55. The van der Waals surface area contributed by atoms with E-state index in [0.29, 0.717) is 0 Å². The largest absolute Gasteiger partial charge is 0.396 e. The first-order chi connectivity index (χ1) is 6.36. The smallest absolute Gasteiger partial charge is 0.0471 e. The van der Waals surface area contributed by atoms with Crippen LogP contribution in [0.15, 0.2) is 24.3 Å². The Morgan fingerprint density at radius 1 is 1.15 bits per heavy atom. The van der Waals surface area contributed by atoms with Crippen molar-refractivity contribution < 1.29 is 5.11 Å². The first-order valence-electron chi connectivity index (χ1n) is 4.61. The van der Waals surface area contributed by atoms with Gasteiger partial charge in [0.15, 0.2) is 0 Å². The topological polar surface area (TPSA) is 20.2 Å². The number of halogens is 1. The van der Waals surface area contributed by atoms with Gasteiger partial charge in [0.2, 0.25) is 0 Å². The van der Waals surface area contributed by atoms with Crippen molar-refractivity contribution in [3.05, 3.63) is 35.4 Å². The fraction of sp³-hybridized carbons (Fsp3) is 0.455. The van der Waals surface area contributed by atoms with E-state index in [1.165, 1.54) is 17.5 Å². The Kier molecular flexibility index (Phi) is 5.09. The van der Waals surface area contributed by atoms with Crippen LogP contribution in [0.2, 0.25) is 0 Å². The van der Waals surface area contributed by atoms with Crippen LogP contribution in [0.4, 0.5) is 0 Å². The number of hydrogen-bond acceptors (Lipinski definition) is 1. The van der Waals surface area contributed by atoms with Gasteiger partial charge in [-0.1, -0.05) is 40.2 Å². The van der Waals surface area contributed by atoms with Gasteiger partial charge in [-0.25, -0.2) is 0 Å². The molecule has 0 aliphatic carbocycles. The van der Waals surface area contributed by atoms with Crippen LogP contribution >= 0.6 is 15.9 Å². The van der Waals surface area contributed by atoms with Crippen molar-refractivity contribution >= 4 is 15.9 Å². The Labute approximate surface area is 87.9 Å². The summed E-state index contributed by atoms with van der Waals surface area (Å²) in [5.74, 6) is 0. The molecule has 1 nitrogen and oxygen atoms in total. The van der Waals surface area contributed by atoms with Crippen LogP contribution in [-0.2, 0) is 12.8 Å². The average molecular weight is 243 g/mol. The third kappa shape index (κ3) is 3.92. The summed E-state index contributed by atoms with van der Waals surface area (Å²) in [4.78, 5) is 0. The van der Waals surface area contributed by atoms with Gasteiger partial charge in [-0.3, -0.25) is 0 Å². The highest BCUT2D eigenvalue weighted by Crippen LogP contribution is 2.08. The van der Waals surface area contributed by atoms with Gasteiger partial charge in [-0.05, 0) is 30.4 Å². The molecule has 1 rings (SSSR count). The maximum absolute atomic E-state index is 8.78. The molecule has 0 atom stereocenters. The van der Waals surface area contributed by atoms with Gasteiger partial charge in [-0.15, -0.1) is 0 Å². The Balaban J connectivity index is 2.56. The minimum absolute atomic E-state index is 0.238. The van der Waals surface area contributed by atoms with Crippen molar-refractivity contribution in [2.24, 2.45) is 0 Å². The van der Waals surface area contributed by atoms with Crippen LogP contribution in [0.3, 0.4) is 0 Å². The van der Waals surface area contributed by atoms with Crippen molar-refractivity contribution in [2.75, 3.05) is 11.9 Å². The molecule has 1 aromatic carbocycles. The zero-order chi connectivity index (χ0) is 9.52. The van der Waals surface area contributed by atoms with Gasteiger partial charge in [0.05, 0.1) is 0 Å². The molecule has 0 unspecified atom stereocenters. The SMILES string of the molecule is OCCc1cccc(CCCBr)c1. The van der Waals surface area contributed by atoms with Crippen LogP contribution in [0.1, 0.15) is 17.5 Å². The molecule has 0 aromatic heterocycles. The maximum atomic E-state index is 8.78.